The van der Waals surface area contributed by atoms with Gasteiger partial charge in [-0.05, 0) is 30.3 Å². The van der Waals surface area contributed by atoms with Gasteiger partial charge in [0.2, 0.25) is 0 Å². The molecule has 0 fully saturated rings. The van der Waals surface area contributed by atoms with Crippen LogP contribution in [0.15, 0.2) is 42.6 Å². The van der Waals surface area contributed by atoms with Gasteiger partial charge in [0.1, 0.15) is 11.6 Å². The van der Waals surface area contributed by atoms with Gasteiger partial charge in [0.25, 0.3) is 5.91 Å². The van der Waals surface area contributed by atoms with Gasteiger partial charge in [-0.3, -0.25) is 9.78 Å². The second kappa shape index (κ2) is 5.95. The van der Waals surface area contributed by atoms with Crippen LogP contribution in [0.2, 0.25) is 0 Å². The van der Waals surface area contributed by atoms with Crippen molar-refractivity contribution in [1.29, 1.82) is 0 Å². The van der Waals surface area contributed by atoms with Crippen molar-refractivity contribution in [2.45, 2.75) is 6.42 Å². The second-order valence-corrected chi connectivity index (χ2v) is 3.99. The summed E-state index contributed by atoms with van der Waals surface area (Å²) < 4.78 is 13.0. The lowest BCUT2D eigenvalue weighted by atomic mass is 10.2. The van der Waals surface area contributed by atoms with E-state index in [-0.39, 0.29) is 11.3 Å². The van der Waals surface area contributed by atoms with Crippen LogP contribution >= 0.6 is 0 Å². The van der Waals surface area contributed by atoms with E-state index in [0.29, 0.717) is 13.0 Å². The minimum Gasteiger partial charge on any atom is -0.507 e. The summed E-state index contributed by atoms with van der Waals surface area (Å²) in [7, 11) is 0. The van der Waals surface area contributed by atoms with Crippen LogP contribution in [-0.4, -0.2) is 22.5 Å². The van der Waals surface area contributed by atoms with Gasteiger partial charge in [0.15, 0.2) is 0 Å². The molecule has 0 radical (unpaired) electrons. The van der Waals surface area contributed by atoms with Gasteiger partial charge < -0.3 is 10.4 Å². The summed E-state index contributed by atoms with van der Waals surface area (Å²) in [5.74, 6) is -1.31. The van der Waals surface area contributed by atoms with Crippen LogP contribution in [0.4, 0.5) is 4.39 Å². The molecule has 0 saturated carbocycles. The van der Waals surface area contributed by atoms with Crippen LogP contribution in [-0.2, 0) is 6.42 Å². The number of phenols is 1. The van der Waals surface area contributed by atoms with Gasteiger partial charge in [-0.1, -0.05) is 6.07 Å². The molecule has 0 aliphatic rings. The molecular formula is C14H13FN2O2. The average molecular weight is 260 g/mol. The van der Waals surface area contributed by atoms with E-state index in [1.165, 1.54) is 0 Å². The number of rotatable bonds is 4. The summed E-state index contributed by atoms with van der Waals surface area (Å²) in [4.78, 5) is 15.9. The Bertz CT molecular complexity index is 573. The molecule has 1 amide bonds. The minimum atomic E-state index is -0.562. The molecule has 0 aliphatic carbocycles. The zero-order valence-corrected chi connectivity index (χ0v) is 10.1. The molecule has 0 saturated heterocycles. The topological polar surface area (TPSA) is 62.2 Å². The van der Waals surface area contributed by atoms with Crippen molar-refractivity contribution in [1.82, 2.24) is 10.3 Å². The van der Waals surface area contributed by atoms with Crippen molar-refractivity contribution >= 4 is 5.91 Å². The number of pyridine rings is 1. The summed E-state index contributed by atoms with van der Waals surface area (Å²) in [6, 6.07) is 8.79. The first-order valence-electron chi connectivity index (χ1n) is 5.83. The van der Waals surface area contributed by atoms with Crippen LogP contribution in [0.1, 0.15) is 16.1 Å². The third kappa shape index (κ3) is 3.51. The van der Waals surface area contributed by atoms with E-state index in [1.54, 1.807) is 6.20 Å². The molecule has 19 heavy (non-hydrogen) atoms. The third-order valence-electron chi connectivity index (χ3n) is 2.60. The SMILES string of the molecule is O=C(NCCc1ccccn1)c1cc(F)ccc1O. The van der Waals surface area contributed by atoms with E-state index < -0.39 is 11.7 Å². The summed E-state index contributed by atoms with van der Waals surface area (Å²) in [5, 5.41) is 12.1. The predicted molar refractivity (Wildman–Crippen MR) is 68.3 cm³/mol. The highest BCUT2D eigenvalue weighted by atomic mass is 19.1. The van der Waals surface area contributed by atoms with Crippen molar-refractivity contribution in [3.05, 3.63) is 59.7 Å². The zero-order valence-electron chi connectivity index (χ0n) is 10.1. The number of aromatic hydroxyl groups is 1. The molecule has 0 atom stereocenters. The number of benzene rings is 1. The normalized spacial score (nSPS) is 10.2. The lowest BCUT2D eigenvalue weighted by Crippen LogP contribution is -2.26. The summed E-state index contributed by atoms with van der Waals surface area (Å²) in [6.07, 6.45) is 2.25. The van der Waals surface area contributed by atoms with E-state index in [2.05, 4.69) is 10.3 Å². The van der Waals surface area contributed by atoms with E-state index in [1.807, 2.05) is 18.2 Å². The first-order chi connectivity index (χ1) is 9.16. The Morgan fingerprint density at radius 2 is 2.16 bits per heavy atom. The molecule has 2 aromatic rings. The number of hydrogen-bond acceptors (Lipinski definition) is 3. The molecule has 98 valence electrons. The highest BCUT2D eigenvalue weighted by molar-refractivity contribution is 5.96. The van der Waals surface area contributed by atoms with Crippen LogP contribution in [0.5, 0.6) is 5.75 Å². The van der Waals surface area contributed by atoms with E-state index in [9.17, 15) is 14.3 Å². The summed E-state index contributed by atoms with van der Waals surface area (Å²) in [6.45, 7) is 0.367. The number of carbonyl (C=O) groups is 1. The fourth-order valence-corrected chi connectivity index (χ4v) is 1.64. The van der Waals surface area contributed by atoms with Gasteiger partial charge in [-0.15, -0.1) is 0 Å². The lowest BCUT2D eigenvalue weighted by Gasteiger charge is -2.06. The zero-order chi connectivity index (χ0) is 13.7. The Hall–Kier alpha value is -2.43. The Kier molecular flexibility index (Phi) is 4.07. The summed E-state index contributed by atoms with van der Waals surface area (Å²) >= 11 is 0. The van der Waals surface area contributed by atoms with Crippen molar-refractivity contribution in [2.24, 2.45) is 0 Å². The minimum absolute atomic E-state index is 0.0685. The standard InChI is InChI=1S/C14H13FN2O2/c15-10-4-5-13(18)12(9-10)14(19)17-8-6-11-3-1-2-7-16-11/h1-5,7,9,18H,6,8H2,(H,17,19). The highest BCUT2D eigenvalue weighted by Crippen LogP contribution is 2.17. The Labute approximate surface area is 109 Å². The lowest BCUT2D eigenvalue weighted by molar-refractivity contribution is 0.0951. The number of nitrogens with zero attached hydrogens (tertiary/aromatic N) is 1. The van der Waals surface area contributed by atoms with E-state index in [4.69, 9.17) is 0 Å². The van der Waals surface area contributed by atoms with Crippen molar-refractivity contribution in [3.63, 3.8) is 0 Å². The monoisotopic (exact) mass is 260 g/mol. The number of halogens is 1. The number of carbonyl (C=O) groups excluding carboxylic acids is 1. The molecule has 1 aromatic carbocycles. The molecule has 1 heterocycles. The first kappa shape index (κ1) is 13.0. The van der Waals surface area contributed by atoms with Gasteiger partial charge in [0, 0.05) is 24.9 Å². The maximum atomic E-state index is 13.0. The van der Waals surface area contributed by atoms with Crippen LogP contribution < -0.4 is 5.32 Å². The first-order valence-corrected chi connectivity index (χ1v) is 5.83. The Balaban J connectivity index is 1.93. The molecule has 1 aromatic heterocycles. The van der Waals surface area contributed by atoms with Crippen molar-refractivity contribution in [3.8, 4) is 5.75 Å². The molecule has 2 rings (SSSR count). The maximum absolute atomic E-state index is 13.0. The third-order valence-corrected chi connectivity index (χ3v) is 2.60. The largest absolute Gasteiger partial charge is 0.507 e. The number of aromatic nitrogens is 1. The average Bonchev–Trinajstić information content (AvgIpc) is 2.42. The van der Waals surface area contributed by atoms with Gasteiger partial charge in [-0.2, -0.15) is 0 Å². The van der Waals surface area contributed by atoms with Crippen molar-refractivity contribution < 1.29 is 14.3 Å². The molecule has 4 nitrogen and oxygen atoms in total. The quantitative estimate of drug-likeness (QED) is 0.882. The molecule has 0 bridgehead atoms. The summed E-state index contributed by atoms with van der Waals surface area (Å²) in [5.41, 5.74) is 0.785. The van der Waals surface area contributed by atoms with Gasteiger partial charge in [0.05, 0.1) is 5.56 Å². The molecule has 0 aliphatic heterocycles. The molecule has 0 spiro atoms. The highest BCUT2D eigenvalue weighted by Gasteiger charge is 2.11. The maximum Gasteiger partial charge on any atom is 0.255 e. The number of amides is 1. The molecule has 0 unspecified atom stereocenters. The predicted octanol–water partition coefficient (Wildman–Crippen LogP) is 1.90. The number of hydrogen-bond donors (Lipinski definition) is 2. The van der Waals surface area contributed by atoms with Gasteiger partial charge in [-0.25, -0.2) is 4.39 Å². The van der Waals surface area contributed by atoms with E-state index >= 15 is 0 Å². The van der Waals surface area contributed by atoms with E-state index in [0.717, 1.165) is 23.9 Å². The smallest absolute Gasteiger partial charge is 0.255 e. The number of nitrogens with one attached hydrogen (secondary N) is 1. The number of phenolic OH excluding ortho intramolecular Hbond substituents is 1. The van der Waals surface area contributed by atoms with Crippen LogP contribution in [0.3, 0.4) is 0 Å². The van der Waals surface area contributed by atoms with Gasteiger partial charge >= 0.3 is 0 Å². The van der Waals surface area contributed by atoms with Crippen LogP contribution in [0.25, 0.3) is 0 Å². The van der Waals surface area contributed by atoms with Crippen molar-refractivity contribution in [2.75, 3.05) is 6.54 Å². The molecule has 5 heteroatoms. The Morgan fingerprint density at radius 3 is 2.89 bits per heavy atom. The molecular weight excluding hydrogens is 247 g/mol. The second-order valence-electron chi connectivity index (χ2n) is 3.99. The Morgan fingerprint density at radius 1 is 1.32 bits per heavy atom. The fraction of sp³-hybridized carbons (Fsp3) is 0.143. The molecule has 2 N–H and O–H groups in total. The fourth-order valence-electron chi connectivity index (χ4n) is 1.64. The van der Waals surface area contributed by atoms with Crippen LogP contribution in [0, 0.1) is 5.82 Å².